The van der Waals surface area contributed by atoms with E-state index in [2.05, 4.69) is 0 Å². The van der Waals surface area contributed by atoms with Crippen molar-refractivity contribution in [2.45, 2.75) is 13.8 Å². The van der Waals surface area contributed by atoms with Crippen molar-refractivity contribution in [1.29, 1.82) is 0 Å². The minimum atomic E-state index is -0.200. The number of halogens is 2. The minimum Gasteiger partial charge on any atom is -0.402 e. The molecule has 0 aromatic heterocycles. The van der Waals surface area contributed by atoms with Gasteiger partial charge in [-0.1, -0.05) is 0 Å². The third-order valence-corrected chi connectivity index (χ3v) is 1.51. The van der Waals surface area contributed by atoms with Gasteiger partial charge in [0.05, 0.1) is 5.83 Å². The van der Waals surface area contributed by atoms with Crippen LogP contribution >= 0.6 is 22.6 Å². The Hall–Kier alpha value is -0.320. The fraction of sp³-hybridized carbons (Fsp3) is 0.250. The van der Waals surface area contributed by atoms with Crippen molar-refractivity contribution in [3.05, 3.63) is 33.3 Å². The molecule has 1 nitrogen and oxygen atoms in total. The zero-order chi connectivity index (χ0) is 8.85. The number of allylic oxidation sites excluding steroid dienone is 6. The van der Waals surface area contributed by atoms with Crippen LogP contribution in [0.15, 0.2) is 33.3 Å². The molecule has 0 bridgehead atoms. The first-order valence-corrected chi connectivity index (χ1v) is 4.23. The lowest BCUT2D eigenvalue weighted by Gasteiger charge is -1.88. The normalized spacial score (nSPS) is 15.5. The molecule has 0 aliphatic carbocycles. The molecule has 0 aliphatic rings. The van der Waals surface area contributed by atoms with Crippen LogP contribution in [0.5, 0.6) is 0 Å². The highest BCUT2D eigenvalue weighted by molar-refractivity contribution is 14.1. The number of nitrogens with two attached hydrogens (primary N) is 1. The van der Waals surface area contributed by atoms with Gasteiger partial charge in [0, 0.05) is 9.28 Å². The standard InChI is InChI=1S/C8H11FIN/c1-6(9)5-8(10)4-3-7(2)11/h3-5H,11H2,1-2H3/b6-5+,7-3+,8-4+. The summed E-state index contributed by atoms with van der Waals surface area (Å²) in [5.74, 6) is -0.200. The van der Waals surface area contributed by atoms with E-state index in [4.69, 9.17) is 5.73 Å². The van der Waals surface area contributed by atoms with E-state index in [1.165, 1.54) is 13.0 Å². The second kappa shape index (κ2) is 5.35. The molecule has 0 spiro atoms. The summed E-state index contributed by atoms with van der Waals surface area (Å²) >= 11 is 2.03. The van der Waals surface area contributed by atoms with Gasteiger partial charge in [-0.15, -0.1) is 0 Å². The highest BCUT2D eigenvalue weighted by atomic mass is 127. The summed E-state index contributed by atoms with van der Waals surface area (Å²) in [6, 6.07) is 0. The fourth-order valence-electron chi connectivity index (χ4n) is 0.449. The summed E-state index contributed by atoms with van der Waals surface area (Å²) < 4.78 is 13.1. The van der Waals surface area contributed by atoms with Crippen molar-refractivity contribution in [1.82, 2.24) is 0 Å². The molecule has 0 unspecified atom stereocenters. The monoisotopic (exact) mass is 267 g/mol. The third-order valence-electron chi connectivity index (χ3n) is 0.842. The summed E-state index contributed by atoms with van der Waals surface area (Å²) in [5, 5.41) is 0. The largest absolute Gasteiger partial charge is 0.402 e. The molecule has 0 aromatic carbocycles. The second-order valence-corrected chi connectivity index (χ2v) is 3.44. The molecule has 0 saturated heterocycles. The molecule has 2 N–H and O–H groups in total. The van der Waals surface area contributed by atoms with Gasteiger partial charge in [0.1, 0.15) is 0 Å². The predicted molar refractivity (Wildman–Crippen MR) is 54.9 cm³/mol. The highest BCUT2D eigenvalue weighted by Crippen LogP contribution is 2.11. The zero-order valence-corrected chi connectivity index (χ0v) is 8.72. The lowest BCUT2D eigenvalue weighted by atomic mass is 10.4. The maximum atomic E-state index is 12.2. The lowest BCUT2D eigenvalue weighted by molar-refractivity contribution is 0.640. The molecule has 0 fully saturated rings. The van der Waals surface area contributed by atoms with Crippen LogP contribution in [0.25, 0.3) is 0 Å². The van der Waals surface area contributed by atoms with E-state index in [9.17, 15) is 4.39 Å². The molecule has 0 radical (unpaired) electrons. The maximum absolute atomic E-state index is 12.2. The quantitative estimate of drug-likeness (QED) is 0.604. The maximum Gasteiger partial charge on any atom is 0.0979 e. The summed E-state index contributed by atoms with van der Waals surface area (Å²) in [6.07, 6.45) is 4.94. The van der Waals surface area contributed by atoms with Crippen molar-refractivity contribution in [2.24, 2.45) is 5.73 Å². The SMILES string of the molecule is C\C(N)=C/C=C(I)\C=C(/C)F. The zero-order valence-electron chi connectivity index (χ0n) is 6.57. The summed E-state index contributed by atoms with van der Waals surface area (Å²) in [5.41, 5.74) is 6.08. The van der Waals surface area contributed by atoms with Crippen LogP contribution in [-0.2, 0) is 0 Å². The van der Waals surface area contributed by atoms with Crippen LogP contribution in [0.4, 0.5) is 4.39 Å². The van der Waals surface area contributed by atoms with Crippen molar-refractivity contribution in [3.63, 3.8) is 0 Å². The average Bonchev–Trinajstić information content (AvgIpc) is 1.82. The Bertz CT molecular complexity index is 208. The lowest BCUT2D eigenvalue weighted by Crippen LogP contribution is -1.87. The number of rotatable bonds is 2. The molecule has 0 saturated carbocycles. The van der Waals surface area contributed by atoms with Gasteiger partial charge in [0.15, 0.2) is 0 Å². The molecule has 0 aromatic rings. The topological polar surface area (TPSA) is 26.0 Å². The minimum absolute atomic E-state index is 0.200. The third kappa shape index (κ3) is 7.58. The Morgan fingerprint density at radius 1 is 1.36 bits per heavy atom. The van der Waals surface area contributed by atoms with Crippen molar-refractivity contribution in [3.8, 4) is 0 Å². The smallest absolute Gasteiger partial charge is 0.0979 e. The van der Waals surface area contributed by atoms with E-state index < -0.39 is 0 Å². The van der Waals surface area contributed by atoms with Gasteiger partial charge in [-0.3, -0.25) is 0 Å². The van der Waals surface area contributed by atoms with Gasteiger partial charge in [-0.2, -0.15) is 0 Å². The van der Waals surface area contributed by atoms with Crippen LogP contribution in [0, 0.1) is 0 Å². The molecule has 62 valence electrons. The van der Waals surface area contributed by atoms with Crippen molar-refractivity contribution >= 4 is 22.6 Å². The van der Waals surface area contributed by atoms with Crippen LogP contribution < -0.4 is 5.73 Å². The molecular formula is C8H11FIN. The Balaban J connectivity index is 4.25. The Kier molecular flexibility index (Phi) is 5.19. The van der Waals surface area contributed by atoms with Crippen LogP contribution in [0.2, 0.25) is 0 Å². The number of hydrogen-bond acceptors (Lipinski definition) is 1. The first-order chi connectivity index (χ1) is 5.02. The predicted octanol–water partition coefficient (Wildman–Crippen LogP) is 3.04. The molecule has 0 amide bonds. The fourth-order valence-corrected chi connectivity index (χ4v) is 1.06. The Morgan fingerprint density at radius 2 is 1.91 bits per heavy atom. The van der Waals surface area contributed by atoms with Gasteiger partial charge in [-0.05, 0) is 54.7 Å². The summed E-state index contributed by atoms with van der Waals surface area (Å²) in [6.45, 7) is 3.19. The van der Waals surface area contributed by atoms with Gasteiger partial charge < -0.3 is 5.73 Å². The molecule has 3 heteroatoms. The van der Waals surface area contributed by atoms with E-state index >= 15 is 0 Å². The van der Waals surface area contributed by atoms with Gasteiger partial charge >= 0.3 is 0 Å². The van der Waals surface area contributed by atoms with E-state index in [0.29, 0.717) is 5.70 Å². The van der Waals surface area contributed by atoms with E-state index in [0.717, 1.165) is 3.58 Å². The van der Waals surface area contributed by atoms with Crippen molar-refractivity contribution < 1.29 is 4.39 Å². The summed E-state index contributed by atoms with van der Waals surface area (Å²) in [7, 11) is 0. The van der Waals surface area contributed by atoms with E-state index in [1.807, 2.05) is 22.6 Å². The average molecular weight is 267 g/mol. The van der Waals surface area contributed by atoms with E-state index in [-0.39, 0.29) is 5.83 Å². The molecular weight excluding hydrogens is 256 g/mol. The molecule has 0 aliphatic heterocycles. The first-order valence-electron chi connectivity index (χ1n) is 3.15. The first kappa shape index (κ1) is 10.7. The molecule has 0 heterocycles. The highest BCUT2D eigenvalue weighted by Gasteiger charge is 1.85. The number of hydrogen-bond donors (Lipinski definition) is 1. The molecule has 11 heavy (non-hydrogen) atoms. The van der Waals surface area contributed by atoms with Crippen molar-refractivity contribution in [2.75, 3.05) is 0 Å². The molecule has 0 atom stereocenters. The Labute approximate surface area is 80.0 Å². The van der Waals surface area contributed by atoms with Gasteiger partial charge in [-0.25, -0.2) is 4.39 Å². The van der Waals surface area contributed by atoms with E-state index in [1.54, 1.807) is 19.1 Å². The van der Waals surface area contributed by atoms with Gasteiger partial charge in [0.2, 0.25) is 0 Å². The Morgan fingerprint density at radius 3 is 2.27 bits per heavy atom. The summed E-state index contributed by atoms with van der Waals surface area (Å²) in [4.78, 5) is 0. The second-order valence-electron chi connectivity index (χ2n) is 2.19. The van der Waals surface area contributed by atoms with Gasteiger partial charge in [0.25, 0.3) is 0 Å². The van der Waals surface area contributed by atoms with Crippen LogP contribution in [0.1, 0.15) is 13.8 Å². The molecule has 0 rings (SSSR count). The van der Waals surface area contributed by atoms with Crippen LogP contribution in [0.3, 0.4) is 0 Å². The van der Waals surface area contributed by atoms with Crippen LogP contribution in [-0.4, -0.2) is 0 Å².